The molecule has 0 bridgehead atoms. The van der Waals surface area contributed by atoms with E-state index in [9.17, 15) is 18.4 Å². The molecule has 2 aromatic carbocycles. The molecule has 0 aliphatic rings. The number of aryl methyl sites for hydroxylation is 1. The van der Waals surface area contributed by atoms with Gasteiger partial charge >= 0.3 is 11.8 Å². The zero-order chi connectivity index (χ0) is 18.6. The highest BCUT2D eigenvalue weighted by Crippen LogP contribution is 2.22. The highest BCUT2D eigenvalue weighted by atomic mass is 19.1. The van der Waals surface area contributed by atoms with Crippen molar-refractivity contribution in [1.29, 1.82) is 0 Å². The average molecular weight is 346 g/mol. The molecular weight excluding hydrogens is 326 g/mol. The minimum absolute atomic E-state index is 0.0436. The van der Waals surface area contributed by atoms with Gasteiger partial charge in [-0.05, 0) is 42.3 Å². The van der Waals surface area contributed by atoms with Crippen molar-refractivity contribution >= 4 is 17.5 Å². The van der Waals surface area contributed by atoms with Crippen LogP contribution in [-0.2, 0) is 15.0 Å². The Bertz CT molecular complexity index is 787. The molecule has 0 aliphatic carbocycles. The van der Waals surface area contributed by atoms with Crippen LogP contribution in [0.25, 0.3) is 0 Å². The first-order valence-electron chi connectivity index (χ1n) is 7.80. The van der Waals surface area contributed by atoms with E-state index in [1.807, 2.05) is 13.8 Å². The molecule has 0 fully saturated rings. The van der Waals surface area contributed by atoms with Gasteiger partial charge in [0, 0.05) is 12.0 Å². The van der Waals surface area contributed by atoms with E-state index in [4.69, 9.17) is 0 Å². The van der Waals surface area contributed by atoms with Gasteiger partial charge in [0.1, 0.15) is 11.6 Å². The minimum Gasteiger partial charge on any atom is -0.347 e. The molecule has 132 valence electrons. The zero-order valence-corrected chi connectivity index (χ0v) is 14.3. The molecule has 0 spiro atoms. The molecule has 2 amide bonds. The maximum atomic E-state index is 13.6. The van der Waals surface area contributed by atoms with Crippen LogP contribution in [0.3, 0.4) is 0 Å². The lowest BCUT2D eigenvalue weighted by Gasteiger charge is -2.25. The number of hydrogen-bond acceptors (Lipinski definition) is 2. The number of halogens is 2. The van der Waals surface area contributed by atoms with Gasteiger partial charge in [-0.15, -0.1) is 0 Å². The van der Waals surface area contributed by atoms with Gasteiger partial charge in [-0.2, -0.15) is 0 Å². The standard InChI is InChI=1S/C19H20F2N2O2/c1-12-4-9-15(21)16(10-12)23-18(25)17(24)22-11-19(2,3)13-5-7-14(20)8-6-13/h4-10H,11H2,1-3H3,(H,22,24)(H,23,25). The van der Waals surface area contributed by atoms with Crippen molar-refractivity contribution in [3.63, 3.8) is 0 Å². The predicted molar refractivity (Wildman–Crippen MR) is 92.2 cm³/mol. The van der Waals surface area contributed by atoms with E-state index in [0.717, 1.165) is 11.1 Å². The van der Waals surface area contributed by atoms with Crippen LogP contribution in [0.2, 0.25) is 0 Å². The Kier molecular flexibility index (Phi) is 5.51. The second kappa shape index (κ2) is 7.42. The lowest BCUT2D eigenvalue weighted by Crippen LogP contribution is -2.42. The smallest absolute Gasteiger partial charge is 0.313 e. The van der Waals surface area contributed by atoms with E-state index in [1.165, 1.54) is 24.3 Å². The monoisotopic (exact) mass is 346 g/mol. The first-order chi connectivity index (χ1) is 11.7. The Balaban J connectivity index is 1.98. The van der Waals surface area contributed by atoms with Crippen LogP contribution in [0, 0.1) is 18.6 Å². The second-order valence-electron chi connectivity index (χ2n) is 6.51. The first-order valence-corrected chi connectivity index (χ1v) is 7.80. The van der Waals surface area contributed by atoms with E-state index in [0.29, 0.717) is 0 Å². The Labute approximate surface area is 145 Å². The van der Waals surface area contributed by atoms with Crippen LogP contribution in [0.1, 0.15) is 25.0 Å². The molecule has 0 saturated heterocycles. The van der Waals surface area contributed by atoms with E-state index < -0.39 is 23.0 Å². The number of hydrogen-bond donors (Lipinski definition) is 2. The third-order valence-electron chi connectivity index (χ3n) is 3.89. The fourth-order valence-electron chi connectivity index (χ4n) is 2.30. The van der Waals surface area contributed by atoms with Gasteiger partial charge in [0.2, 0.25) is 0 Å². The molecule has 2 N–H and O–H groups in total. The lowest BCUT2D eigenvalue weighted by molar-refractivity contribution is -0.136. The van der Waals surface area contributed by atoms with Crippen molar-refractivity contribution < 1.29 is 18.4 Å². The van der Waals surface area contributed by atoms with Crippen molar-refractivity contribution in [2.24, 2.45) is 0 Å². The molecule has 6 heteroatoms. The molecule has 0 radical (unpaired) electrons. The number of rotatable bonds is 4. The van der Waals surface area contributed by atoms with Crippen molar-refractivity contribution in [2.75, 3.05) is 11.9 Å². The van der Waals surface area contributed by atoms with Crippen LogP contribution in [-0.4, -0.2) is 18.4 Å². The summed E-state index contributed by atoms with van der Waals surface area (Å²) in [5.74, 6) is -2.77. The van der Waals surface area contributed by atoms with Gasteiger partial charge in [0.25, 0.3) is 0 Å². The number of amides is 2. The Morgan fingerprint density at radius 2 is 1.64 bits per heavy atom. The summed E-state index contributed by atoms with van der Waals surface area (Å²) in [4.78, 5) is 23.9. The summed E-state index contributed by atoms with van der Waals surface area (Å²) >= 11 is 0. The quantitative estimate of drug-likeness (QED) is 0.835. The van der Waals surface area contributed by atoms with Gasteiger partial charge in [-0.3, -0.25) is 9.59 Å². The number of benzene rings is 2. The molecule has 2 aromatic rings. The predicted octanol–water partition coefficient (Wildman–Crippen LogP) is 3.31. The molecule has 4 nitrogen and oxygen atoms in total. The lowest BCUT2D eigenvalue weighted by atomic mass is 9.84. The maximum absolute atomic E-state index is 13.6. The Hall–Kier alpha value is -2.76. The van der Waals surface area contributed by atoms with Crippen LogP contribution in [0.4, 0.5) is 14.5 Å². The van der Waals surface area contributed by atoms with Gasteiger partial charge in [-0.25, -0.2) is 8.78 Å². The van der Waals surface area contributed by atoms with E-state index >= 15 is 0 Å². The number of carbonyl (C=O) groups is 2. The topological polar surface area (TPSA) is 58.2 Å². The summed E-state index contributed by atoms with van der Waals surface area (Å²) in [6.45, 7) is 5.64. The molecule has 0 aromatic heterocycles. The van der Waals surface area contributed by atoms with Gasteiger partial charge < -0.3 is 10.6 Å². The average Bonchev–Trinajstić information content (AvgIpc) is 2.56. The summed E-state index contributed by atoms with van der Waals surface area (Å²) in [5.41, 5.74) is 1.03. The first kappa shape index (κ1) is 18.6. The Morgan fingerprint density at radius 1 is 1.00 bits per heavy atom. The molecule has 0 heterocycles. The maximum Gasteiger partial charge on any atom is 0.313 e. The molecule has 2 rings (SSSR count). The van der Waals surface area contributed by atoms with Crippen LogP contribution < -0.4 is 10.6 Å². The number of anilines is 1. The third kappa shape index (κ3) is 4.86. The number of nitrogens with one attached hydrogen (secondary N) is 2. The molecule has 0 unspecified atom stereocenters. The van der Waals surface area contributed by atoms with Crippen LogP contribution >= 0.6 is 0 Å². The van der Waals surface area contributed by atoms with E-state index in [1.54, 1.807) is 25.1 Å². The third-order valence-corrected chi connectivity index (χ3v) is 3.89. The van der Waals surface area contributed by atoms with Crippen molar-refractivity contribution in [3.05, 3.63) is 65.2 Å². The molecule has 25 heavy (non-hydrogen) atoms. The number of carbonyl (C=O) groups excluding carboxylic acids is 2. The van der Waals surface area contributed by atoms with Gasteiger partial charge in [-0.1, -0.05) is 32.0 Å². The summed E-state index contributed by atoms with van der Waals surface area (Å²) in [7, 11) is 0. The van der Waals surface area contributed by atoms with Crippen molar-refractivity contribution in [1.82, 2.24) is 5.32 Å². The summed E-state index contributed by atoms with van der Waals surface area (Å²) in [6.07, 6.45) is 0. The van der Waals surface area contributed by atoms with Crippen molar-refractivity contribution in [2.45, 2.75) is 26.2 Å². The van der Waals surface area contributed by atoms with Crippen molar-refractivity contribution in [3.8, 4) is 0 Å². The SMILES string of the molecule is Cc1ccc(F)c(NC(=O)C(=O)NCC(C)(C)c2ccc(F)cc2)c1. The fraction of sp³-hybridized carbons (Fsp3) is 0.263. The normalized spacial score (nSPS) is 11.1. The van der Waals surface area contributed by atoms with E-state index in [-0.39, 0.29) is 18.0 Å². The summed E-state index contributed by atoms with van der Waals surface area (Å²) in [5, 5.41) is 4.78. The highest BCUT2D eigenvalue weighted by molar-refractivity contribution is 6.39. The second-order valence-corrected chi connectivity index (χ2v) is 6.51. The minimum atomic E-state index is -0.945. The molecule has 0 saturated carbocycles. The van der Waals surface area contributed by atoms with Crippen LogP contribution in [0.5, 0.6) is 0 Å². The highest BCUT2D eigenvalue weighted by Gasteiger charge is 2.24. The molecule has 0 atom stereocenters. The summed E-state index contributed by atoms with van der Waals surface area (Å²) < 4.78 is 26.7. The van der Waals surface area contributed by atoms with E-state index in [2.05, 4.69) is 10.6 Å². The van der Waals surface area contributed by atoms with Gasteiger partial charge in [0.05, 0.1) is 5.69 Å². The zero-order valence-electron chi connectivity index (χ0n) is 14.3. The van der Waals surface area contributed by atoms with Gasteiger partial charge in [0.15, 0.2) is 0 Å². The fourth-order valence-corrected chi connectivity index (χ4v) is 2.30. The molecular formula is C19H20F2N2O2. The largest absolute Gasteiger partial charge is 0.347 e. The van der Waals surface area contributed by atoms with Crippen LogP contribution in [0.15, 0.2) is 42.5 Å². The summed E-state index contributed by atoms with van der Waals surface area (Å²) in [6, 6.07) is 10.2. The Morgan fingerprint density at radius 3 is 2.28 bits per heavy atom. The molecule has 0 aliphatic heterocycles.